The third-order valence-corrected chi connectivity index (χ3v) is 6.18. The fourth-order valence-electron chi connectivity index (χ4n) is 2.18. The predicted octanol–water partition coefficient (Wildman–Crippen LogP) is 2.02. The molecule has 4 nitrogen and oxygen atoms in total. The molecule has 6 heteroatoms. The number of sulfonamides is 1. The highest BCUT2D eigenvalue weighted by Crippen LogP contribution is 2.34. The Kier molecular flexibility index (Phi) is 4.11. The molecule has 0 radical (unpaired) electrons. The lowest BCUT2D eigenvalue weighted by Crippen LogP contribution is -2.33. The summed E-state index contributed by atoms with van der Waals surface area (Å²) in [5.74, 6) is 0.684. The third kappa shape index (κ3) is 3.12. The molecule has 0 aliphatic heterocycles. The average molecular weight is 289 g/mol. The third-order valence-electron chi connectivity index (χ3n) is 3.14. The summed E-state index contributed by atoms with van der Waals surface area (Å²) in [6.07, 6.45) is 3.33. The molecule has 18 heavy (non-hydrogen) atoms. The van der Waals surface area contributed by atoms with Gasteiger partial charge >= 0.3 is 0 Å². The number of aliphatic hydroxyl groups is 1. The van der Waals surface area contributed by atoms with E-state index in [1.807, 2.05) is 6.92 Å². The summed E-state index contributed by atoms with van der Waals surface area (Å²) in [4.78, 5) is 0.774. The van der Waals surface area contributed by atoms with Crippen molar-refractivity contribution in [2.75, 3.05) is 0 Å². The number of hydrogen-bond acceptors (Lipinski definition) is 4. The maximum atomic E-state index is 12.3. The van der Waals surface area contributed by atoms with Gasteiger partial charge in [-0.25, -0.2) is 13.1 Å². The van der Waals surface area contributed by atoms with Crippen LogP contribution in [0.1, 0.15) is 36.6 Å². The Morgan fingerprint density at radius 1 is 1.56 bits per heavy atom. The minimum Gasteiger partial charge on any atom is -0.391 e. The van der Waals surface area contributed by atoms with Crippen molar-refractivity contribution in [2.45, 2.75) is 50.7 Å². The van der Waals surface area contributed by atoms with E-state index in [1.54, 1.807) is 12.3 Å². The van der Waals surface area contributed by atoms with Crippen molar-refractivity contribution in [2.24, 2.45) is 5.92 Å². The maximum absolute atomic E-state index is 12.3. The van der Waals surface area contributed by atoms with Crippen molar-refractivity contribution in [3.8, 4) is 0 Å². The van der Waals surface area contributed by atoms with Crippen molar-refractivity contribution in [3.05, 3.63) is 15.8 Å². The molecule has 0 aromatic carbocycles. The summed E-state index contributed by atoms with van der Waals surface area (Å²) in [5, 5.41) is 11.0. The normalized spacial score (nSPS) is 17.9. The van der Waals surface area contributed by atoms with Gasteiger partial charge in [0.15, 0.2) is 0 Å². The van der Waals surface area contributed by atoms with Gasteiger partial charge in [0.25, 0.3) is 0 Å². The fourth-order valence-corrected chi connectivity index (χ4v) is 5.10. The Morgan fingerprint density at radius 2 is 2.22 bits per heavy atom. The number of aryl methyl sites for hydroxylation is 1. The topological polar surface area (TPSA) is 66.4 Å². The van der Waals surface area contributed by atoms with Crippen molar-refractivity contribution >= 4 is 21.4 Å². The molecule has 0 amide bonds. The Bertz CT molecular complexity index is 517. The first-order valence-electron chi connectivity index (χ1n) is 6.14. The van der Waals surface area contributed by atoms with E-state index in [0.717, 1.165) is 6.42 Å². The molecule has 102 valence electrons. The summed E-state index contributed by atoms with van der Waals surface area (Å²) < 4.78 is 27.3. The maximum Gasteiger partial charge on any atom is 0.242 e. The van der Waals surface area contributed by atoms with Crippen LogP contribution in [0.4, 0.5) is 0 Å². The lowest BCUT2D eigenvalue weighted by Gasteiger charge is -2.14. The Labute approximate surface area is 112 Å². The van der Waals surface area contributed by atoms with Gasteiger partial charge in [0.1, 0.15) is 4.90 Å². The van der Waals surface area contributed by atoms with Crippen molar-refractivity contribution in [1.29, 1.82) is 0 Å². The molecule has 1 aliphatic carbocycles. The highest BCUT2D eigenvalue weighted by atomic mass is 32.2. The minimum absolute atomic E-state index is 0.0478. The van der Waals surface area contributed by atoms with Gasteiger partial charge in [-0.15, -0.1) is 11.3 Å². The van der Waals surface area contributed by atoms with E-state index >= 15 is 0 Å². The molecular weight excluding hydrogens is 270 g/mol. The van der Waals surface area contributed by atoms with Crippen molar-refractivity contribution in [1.82, 2.24) is 4.72 Å². The van der Waals surface area contributed by atoms with Crippen LogP contribution in [-0.2, 0) is 16.6 Å². The second-order valence-corrected chi connectivity index (χ2v) is 7.65. The number of rotatable bonds is 6. The monoisotopic (exact) mass is 289 g/mol. The van der Waals surface area contributed by atoms with Crippen LogP contribution in [0.2, 0.25) is 0 Å². The molecule has 2 N–H and O–H groups in total. The molecule has 1 saturated carbocycles. The van der Waals surface area contributed by atoms with E-state index in [0.29, 0.717) is 16.4 Å². The molecule has 1 atom stereocenters. The van der Waals surface area contributed by atoms with Gasteiger partial charge in [-0.1, -0.05) is 12.8 Å². The molecule has 0 saturated heterocycles. The zero-order chi connectivity index (χ0) is 13.3. The van der Waals surface area contributed by atoms with Gasteiger partial charge in [-0.3, -0.25) is 0 Å². The van der Waals surface area contributed by atoms with Crippen molar-refractivity contribution in [3.63, 3.8) is 0 Å². The summed E-state index contributed by atoms with van der Waals surface area (Å²) in [6.45, 7) is 3.43. The summed E-state index contributed by atoms with van der Waals surface area (Å²) >= 11 is 1.29. The van der Waals surface area contributed by atoms with Crippen LogP contribution in [-0.4, -0.2) is 19.6 Å². The number of thiophene rings is 1. The predicted molar refractivity (Wildman–Crippen MR) is 72.1 cm³/mol. The van der Waals surface area contributed by atoms with Crippen molar-refractivity contribution < 1.29 is 13.5 Å². The summed E-state index contributed by atoms with van der Waals surface area (Å²) in [5.41, 5.74) is 0.704. The number of hydrogen-bond donors (Lipinski definition) is 2. The highest BCUT2D eigenvalue weighted by molar-refractivity contribution is 7.89. The molecule has 0 bridgehead atoms. The molecule has 1 aromatic heterocycles. The van der Waals surface area contributed by atoms with Gasteiger partial charge in [-0.2, -0.15) is 0 Å². The van der Waals surface area contributed by atoms with Gasteiger partial charge in [-0.05, 0) is 37.1 Å². The van der Waals surface area contributed by atoms with E-state index in [-0.39, 0.29) is 17.5 Å². The summed E-state index contributed by atoms with van der Waals surface area (Å²) in [6, 6.07) is -0.0478. The minimum atomic E-state index is -3.51. The first-order chi connectivity index (χ1) is 8.44. The number of aliphatic hydroxyl groups excluding tert-OH is 1. The molecule has 1 unspecified atom stereocenters. The zero-order valence-electron chi connectivity index (χ0n) is 10.6. The van der Waals surface area contributed by atoms with Gasteiger partial charge in [0.05, 0.1) is 11.5 Å². The largest absolute Gasteiger partial charge is 0.391 e. The second kappa shape index (κ2) is 5.28. The smallest absolute Gasteiger partial charge is 0.242 e. The lowest BCUT2D eigenvalue weighted by molar-refractivity contribution is 0.282. The Morgan fingerprint density at radius 3 is 2.78 bits per heavy atom. The molecule has 2 rings (SSSR count). The highest BCUT2D eigenvalue weighted by Gasteiger charge is 2.28. The van der Waals surface area contributed by atoms with E-state index in [1.165, 1.54) is 24.2 Å². The SMILES string of the molecule is Cc1csc(CO)c1S(=O)(=O)NC(C)CC1CC1. The molecular formula is C12H19NO3S2. The molecule has 1 aromatic rings. The standard InChI is InChI=1S/C12H19NO3S2/c1-8-7-17-11(6-14)12(8)18(15,16)13-9(2)5-10-3-4-10/h7,9-10,13-14H,3-6H2,1-2H3. The van der Waals surface area contributed by atoms with E-state index < -0.39 is 10.0 Å². The first kappa shape index (κ1) is 14.0. The summed E-state index contributed by atoms with van der Waals surface area (Å²) in [7, 11) is -3.51. The van der Waals surface area contributed by atoms with Crippen LogP contribution in [0, 0.1) is 12.8 Å². The molecule has 1 aliphatic rings. The van der Waals surface area contributed by atoms with E-state index in [9.17, 15) is 13.5 Å². The zero-order valence-corrected chi connectivity index (χ0v) is 12.3. The van der Waals surface area contributed by atoms with Gasteiger partial charge < -0.3 is 5.11 Å². The Balaban J connectivity index is 2.15. The van der Waals surface area contributed by atoms with Crippen LogP contribution in [0.25, 0.3) is 0 Å². The van der Waals surface area contributed by atoms with Crippen LogP contribution in [0.3, 0.4) is 0 Å². The average Bonchev–Trinajstić information content (AvgIpc) is 2.97. The Hall–Kier alpha value is -0.430. The second-order valence-electron chi connectivity index (χ2n) is 5.03. The van der Waals surface area contributed by atoms with Gasteiger partial charge in [0.2, 0.25) is 10.0 Å². The van der Waals surface area contributed by atoms with Gasteiger partial charge in [0, 0.05) is 6.04 Å². The first-order valence-corrected chi connectivity index (χ1v) is 8.50. The molecule has 1 fully saturated rings. The quantitative estimate of drug-likeness (QED) is 0.842. The number of nitrogens with one attached hydrogen (secondary N) is 1. The fraction of sp³-hybridized carbons (Fsp3) is 0.667. The van der Waals surface area contributed by atoms with E-state index in [2.05, 4.69) is 4.72 Å². The molecule has 0 spiro atoms. The van der Waals surface area contributed by atoms with Crippen LogP contribution >= 0.6 is 11.3 Å². The van der Waals surface area contributed by atoms with E-state index in [4.69, 9.17) is 0 Å². The molecule has 1 heterocycles. The van der Waals surface area contributed by atoms with Crippen LogP contribution < -0.4 is 4.72 Å². The lowest BCUT2D eigenvalue weighted by atomic mass is 10.2. The van der Waals surface area contributed by atoms with Crippen LogP contribution in [0.15, 0.2) is 10.3 Å². The van der Waals surface area contributed by atoms with Crippen LogP contribution in [0.5, 0.6) is 0 Å².